The normalized spacial score (nSPS) is 15.5. The van der Waals surface area contributed by atoms with Gasteiger partial charge in [0.2, 0.25) is 4.90 Å². The number of rotatable bonds is 6. The minimum atomic E-state index is -1.47. The molecule has 1 aliphatic rings. The number of fused-ring (bicyclic) bond motifs is 1. The highest BCUT2D eigenvalue weighted by Gasteiger charge is 2.23. The molecule has 168 valence electrons. The summed E-state index contributed by atoms with van der Waals surface area (Å²) in [5.74, 6) is 0.0175. The van der Waals surface area contributed by atoms with E-state index in [0.717, 1.165) is 30.6 Å². The van der Waals surface area contributed by atoms with Crippen molar-refractivity contribution in [1.82, 2.24) is 25.0 Å². The zero-order valence-electron chi connectivity index (χ0n) is 18.0. The van der Waals surface area contributed by atoms with Crippen LogP contribution in [0, 0.1) is 0 Å². The highest BCUT2D eigenvalue weighted by atomic mass is 32.2. The van der Waals surface area contributed by atoms with Gasteiger partial charge in [0, 0.05) is 61.6 Å². The molecule has 0 radical (unpaired) electrons. The molecule has 2 aromatic carbocycles. The Balaban J connectivity index is 1.19. The molecule has 2 N–H and O–H groups in total. The molecule has 8 nitrogen and oxygen atoms in total. The number of nitrogens with one attached hydrogen (secondary N) is 2. The molecule has 0 bridgehead atoms. The van der Waals surface area contributed by atoms with Gasteiger partial charge in [-0.25, -0.2) is 4.72 Å². The molecule has 2 aromatic heterocycles. The predicted molar refractivity (Wildman–Crippen MR) is 128 cm³/mol. The first-order chi connectivity index (χ1) is 16.2. The molecule has 0 spiro atoms. The number of hydrogen-bond acceptors (Lipinski definition) is 6. The second-order valence-electron chi connectivity index (χ2n) is 7.95. The van der Waals surface area contributed by atoms with Crippen LogP contribution >= 0.6 is 0 Å². The van der Waals surface area contributed by atoms with Crippen molar-refractivity contribution < 1.29 is 9.35 Å². The zero-order valence-corrected chi connectivity index (χ0v) is 18.8. The Kier molecular flexibility index (Phi) is 6.25. The smallest absolute Gasteiger partial charge is 0.253 e. The largest absolute Gasteiger partial charge is 0.588 e. The Morgan fingerprint density at radius 1 is 1.06 bits per heavy atom. The molecule has 1 unspecified atom stereocenters. The van der Waals surface area contributed by atoms with Crippen molar-refractivity contribution in [2.24, 2.45) is 0 Å². The number of aromatic amines is 1. The maximum atomic E-state index is 12.9. The van der Waals surface area contributed by atoms with Crippen molar-refractivity contribution in [3.05, 3.63) is 84.3 Å². The standard InChI is InChI=1S/C24H24N6O2S/c31-24(30-13-11-29(12-14-30)17-18-15-26-27-16-18)20-6-8-21(9-7-20)28-33(32)22-5-1-3-19-4-2-10-25-23(19)22/h1-10,15-16,28H,11-14,17H2,(H,26,27). The summed E-state index contributed by atoms with van der Waals surface area (Å²) in [5.41, 5.74) is 3.17. The zero-order chi connectivity index (χ0) is 22.6. The van der Waals surface area contributed by atoms with Crippen molar-refractivity contribution >= 4 is 33.9 Å². The van der Waals surface area contributed by atoms with Crippen molar-refractivity contribution in [2.45, 2.75) is 11.4 Å². The van der Waals surface area contributed by atoms with E-state index in [0.29, 0.717) is 34.8 Å². The van der Waals surface area contributed by atoms with Crippen molar-refractivity contribution in [2.75, 3.05) is 30.9 Å². The van der Waals surface area contributed by atoms with Gasteiger partial charge >= 0.3 is 0 Å². The van der Waals surface area contributed by atoms with E-state index in [-0.39, 0.29) is 5.91 Å². The average Bonchev–Trinajstić information content (AvgIpc) is 3.37. The quantitative estimate of drug-likeness (QED) is 0.429. The number of aromatic nitrogens is 3. The highest BCUT2D eigenvalue weighted by Crippen LogP contribution is 2.23. The minimum absolute atomic E-state index is 0.0175. The number of benzene rings is 2. The third-order valence-electron chi connectivity index (χ3n) is 5.76. The number of amides is 1. The van der Waals surface area contributed by atoms with Crippen LogP contribution in [0.25, 0.3) is 10.9 Å². The molecule has 5 rings (SSSR count). The number of pyridine rings is 1. The molecule has 1 amide bonds. The van der Waals surface area contributed by atoms with Crippen molar-refractivity contribution in [1.29, 1.82) is 0 Å². The fourth-order valence-corrected chi connectivity index (χ4v) is 4.99. The maximum absolute atomic E-state index is 12.9. The molecule has 33 heavy (non-hydrogen) atoms. The van der Waals surface area contributed by atoms with Gasteiger partial charge in [0.15, 0.2) is 0 Å². The summed E-state index contributed by atoms with van der Waals surface area (Å²) in [4.78, 5) is 22.1. The van der Waals surface area contributed by atoms with E-state index < -0.39 is 11.4 Å². The lowest BCUT2D eigenvalue weighted by molar-refractivity contribution is 0.0628. The molecule has 1 atom stereocenters. The van der Waals surface area contributed by atoms with Crippen LogP contribution in [0.4, 0.5) is 5.69 Å². The molecule has 3 heterocycles. The van der Waals surface area contributed by atoms with E-state index in [2.05, 4.69) is 24.8 Å². The number of anilines is 1. The number of H-pyrrole nitrogens is 1. The third kappa shape index (κ3) is 4.85. The number of para-hydroxylation sites is 1. The van der Waals surface area contributed by atoms with Gasteiger partial charge in [-0.15, -0.1) is 0 Å². The molecular formula is C24H24N6O2S. The number of carbonyl (C=O) groups is 1. The van der Waals surface area contributed by atoms with Gasteiger partial charge in [-0.2, -0.15) is 5.10 Å². The van der Waals surface area contributed by atoms with Crippen LogP contribution in [0.3, 0.4) is 0 Å². The summed E-state index contributed by atoms with van der Waals surface area (Å²) in [6.45, 7) is 3.87. The molecule has 0 saturated carbocycles. The molecule has 1 fully saturated rings. The van der Waals surface area contributed by atoms with E-state index >= 15 is 0 Å². The summed E-state index contributed by atoms with van der Waals surface area (Å²) in [5, 5.41) is 7.76. The monoisotopic (exact) mass is 460 g/mol. The van der Waals surface area contributed by atoms with Gasteiger partial charge in [-0.3, -0.25) is 19.8 Å². The predicted octanol–water partition coefficient (Wildman–Crippen LogP) is 3.05. The maximum Gasteiger partial charge on any atom is 0.253 e. The van der Waals surface area contributed by atoms with Crippen LogP contribution in [-0.4, -0.2) is 61.6 Å². The molecule has 9 heteroatoms. The Hall–Kier alpha value is -3.40. The number of carbonyl (C=O) groups excluding carboxylic acids is 1. The van der Waals surface area contributed by atoms with E-state index in [1.807, 2.05) is 47.6 Å². The number of hydrogen-bond donors (Lipinski definition) is 2. The van der Waals surface area contributed by atoms with Gasteiger partial charge in [0.1, 0.15) is 16.9 Å². The second-order valence-corrected chi connectivity index (χ2v) is 9.14. The molecular weight excluding hydrogens is 436 g/mol. The topological polar surface area (TPSA) is 100 Å². The van der Waals surface area contributed by atoms with Gasteiger partial charge in [0.05, 0.1) is 11.9 Å². The van der Waals surface area contributed by atoms with Crippen molar-refractivity contribution in [3.63, 3.8) is 0 Å². The number of nitrogens with zero attached hydrogens (tertiary/aromatic N) is 4. The van der Waals surface area contributed by atoms with E-state index in [4.69, 9.17) is 0 Å². The van der Waals surface area contributed by atoms with Gasteiger partial charge in [-0.05, 0) is 36.4 Å². The Bertz CT molecular complexity index is 1220. The van der Waals surface area contributed by atoms with Crippen LogP contribution < -0.4 is 4.72 Å². The molecule has 0 aliphatic carbocycles. The first-order valence-electron chi connectivity index (χ1n) is 10.8. The average molecular weight is 461 g/mol. The highest BCUT2D eigenvalue weighted by molar-refractivity contribution is 7.93. The lowest BCUT2D eigenvalue weighted by atomic mass is 10.1. The summed E-state index contributed by atoms with van der Waals surface area (Å²) in [6, 6.07) is 16.6. The lowest BCUT2D eigenvalue weighted by Gasteiger charge is -2.34. The fraction of sp³-hybridized carbons (Fsp3) is 0.208. The van der Waals surface area contributed by atoms with Crippen LogP contribution in [0.2, 0.25) is 0 Å². The van der Waals surface area contributed by atoms with Crippen molar-refractivity contribution in [3.8, 4) is 0 Å². The summed E-state index contributed by atoms with van der Waals surface area (Å²) >= 11 is -1.47. The second kappa shape index (κ2) is 9.62. The van der Waals surface area contributed by atoms with Gasteiger partial charge < -0.3 is 9.45 Å². The molecule has 1 aliphatic heterocycles. The van der Waals surface area contributed by atoms with Crippen LogP contribution in [0.5, 0.6) is 0 Å². The van der Waals surface area contributed by atoms with E-state index in [1.165, 1.54) is 0 Å². The Morgan fingerprint density at radius 3 is 2.61 bits per heavy atom. The summed E-state index contributed by atoms with van der Waals surface area (Å²) in [7, 11) is 0. The van der Waals surface area contributed by atoms with E-state index in [1.54, 1.807) is 30.5 Å². The van der Waals surface area contributed by atoms with E-state index in [9.17, 15) is 9.35 Å². The Labute approximate surface area is 194 Å². The SMILES string of the molecule is O=C(c1ccc(N[S+]([O-])c2cccc3cccnc23)cc1)N1CCN(Cc2cn[nH]c2)CC1. The fourth-order valence-electron chi connectivity index (χ4n) is 3.98. The summed E-state index contributed by atoms with van der Waals surface area (Å²) < 4.78 is 15.9. The van der Waals surface area contributed by atoms with Gasteiger partial charge in [0.25, 0.3) is 5.91 Å². The van der Waals surface area contributed by atoms with Crippen LogP contribution in [0.1, 0.15) is 15.9 Å². The van der Waals surface area contributed by atoms with Gasteiger partial charge in [-0.1, -0.05) is 18.2 Å². The third-order valence-corrected chi connectivity index (χ3v) is 6.91. The lowest BCUT2D eigenvalue weighted by Crippen LogP contribution is -2.48. The first kappa shape index (κ1) is 21.4. The van der Waals surface area contributed by atoms with Crippen LogP contribution in [-0.2, 0) is 17.9 Å². The van der Waals surface area contributed by atoms with Crippen LogP contribution in [0.15, 0.2) is 78.1 Å². The Morgan fingerprint density at radius 2 is 1.85 bits per heavy atom. The summed E-state index contributed by atoms with van der Waals surface area (Å²) in [6.07, 6.45) is 5.43. The molecule has 1 saturated heterocycles. The minimum Gasteiger partial charge on any atom is -0.588 e. The number of piperazine rings is 1. The first-order valence-corrected chi connectivity index (χ1v) is 11.9. The molecule has 4 aromatic rings.